The lowest BCUT2D eigenvalue weighted by atomic mass is 9.67. The van der Waals surface area contributed by atoms with Gasteiger partial charge in [0.05, 0.1) is 12.0 Å². The van der Waals surface area contributed by atoms with Gasteiger partial charge in [-0.2, -0.15) is 0 Å². The van der Waals surface area contributed by atoms with Crippen molar-refractivity contribution < 1.29 is 9.53 Å². The van der Waals surface area contributed by atoms with E-state index in [0.29, 0.717) is 12.5 Å². The molecule has 1 unspecified atom stereocenters. The van der Waals surface area contributed by atoms with Crippen molar-refractivity contribution in [3.63, 3.8) is 0 Å². The summed E-state index contributed by atoms with van der Waals surface area (Å²) in [5, 5.41) is 0. The molecule has 1 aliphatic carbocycles. The Hall–Kier alpha value is -1.93. The van der Waals surface area contributed by atoms with Gasteiger partial charge in [0, 0.05) is 13.0 Å². The quantitative estimate of drug-likeness (QED) is 0.433. The molecule has 3 rings (SSSR count). The third-order valence-electron chi connectivity index (χ3n) is 5.82. The van der Waals surface area contributed by atoms with Crippen LogP contribution < -0.4 is 0 Å². The highest BCUT2D eigenvalue weighted by Gasteiger charge is 2.48. The normalized spacial score (nSPS) is 15.5. The number of hydrogen-bond donors (Lipinski definition) is 0. The maximum Gasteiger partial charge on any atom is 0.124 e. The van der Waals surface area contributed by atoms with Crippen molar-refractivity contribution in [1.29, 1.82) is 0 Å². The number of rotatable bonds is 9. The fourth-order valence-corrected chi connectivity index (χ4v) is 4.60. The summed E-state index contributed by atoms with van der Waals surface area (Å²) in [4.78, 5) is 12.3. The number of fused-ring (bicyclic) bond motifs is 3. The van der Waals surface area contributed by atoms with Gasteiger partial charge in [0.25, 0.3) is 0 Å². The van der Waals surface area contributed by atoms with Crippen molar-refractivity contribution in [3.8, 4) is 11.1 Å². The summed E-state index contributed by atoms with van der Waals surface area (Å²) in [6.45, 7) is 5.05. The Kier molecular flexibility index (Phi) is 5.93. The summed E-state index contributed by atoms with van der Waals surface area (Å²) in [5.41, 5.74) is 4.60. The molecule has 0 spiro atoms. The second-order valence-corrected chi connectivity index (χ2v) is 7.92. The first kappa shape index (κ1) is 18.8. The van der Waals surface area contributed by atoms with E-state index >= 15 is 0 Å². The standard InChI is InChI=1S/C24H30O2/c1-18(2)10-4-5-11-19(16-25)24(17-26-3)22-14-8-6-12-20(22)21-13-7-9-15-23(21)24/h6-9,12-16,18-19H,4-5,10-11,17H2,1-3H3. The molecular weight excluding hydrogens is 320 g/mol. The van der Waals surface area contributed by atoms with E-state index in [0.717, 1.165) is 12.8 Å². The Labute approximate surface area is 157 Å². The maximum atomic E-state index is 12.3. The number of hydrogen-bond acceptors (Lipinski definition) is 2. The van der Waals surface area contributed by atoms with Crippen LogP contribution in [0.1, 0.15) is 50.7 Å². The molecule has 0 N–H and O–H groups in total. The van der Waals surface area contributed by atoms with E-state index in [1.54, 1.807) is 7.11 Å². The van der Waals surface area contributed by atoms with Crippen LogP contribution in [0.4, 0.5) is 0 Å². The molecule has 0 amide bonds. The molecular formula is C24H30O2. The van der Waals surface area contributed by atoms with E-state index < -0.39 is 0 Å². The van der Waals surface area contributed by atoms with Gasteiger partial charge >= 0.3 is 0 Å². The third kappa shape index (κ3) is 3.23. The minimum Gasteiger partial charge on any atom is -0.383 e. The van der Waals surface area contributed by atoms with Gasteiger partial charge in [0.1, 0.15) is 6.29 Å². The topological polar surface area (TPSA) is 26.3 Å². The molecule has 0 heterocycles. The number of methoxy groups -OCH3 is 1. The van der Waals surface area contributed by atoms with Gasteiger partial charge in [0.15, 0.2) is 0 Å². The SMILES string of the molecule is COCC1(C(C=O)CCCCC(C)C)c2ccccc2-c2ccccc21. The van der Waals surface area contributed by atoms with Crippen LogP contribution in [-0.2, 0) is 14.9 Å². The lowest BCUT2D eigenvalue weighted by molar-refractivity contribution is -0.113. The van der Waals surface area contributed by atoms with E-state index in [1.165, 1.54) is 41.4 Å². The molecule has 1 aliphatic rings. The van der Waals surface area contributed by atoms with Gasteiger partial charge in [-0.05, 0) is 34.6 Å². The molecule has 0 saturated heterocycles. The first-order chi connectivity index (χ1) is 12.6. The number of ether oxygens (including phenoxy) is 1. The summed E-state index contributed by atoms with van der Waals surface area (Å²) in [7, 11) is 1.74. The largest absolute Gasteiger partial charge is 0.383 e. The molecule has 2 heteroatoms. The molecule has 0 aromatic heterocycles. The summed E-state index contributed by atoms with van der Waals surface area (Å²) in [6.07, 6.45) is 5.55. The van der Waals surface area contributed by atoms with Gasteiger partial charge in [-0.1, -0.05) is 81.6 Å². The molecule has 0 fully saturated rings. The average Bonchev–Trinajstić information content (AvgIpc) is 2.93. The van der Waals surface area contributed by atoms with Crippen LogP contribution in [0, 0.1) is 11.8 Å². The maximum absolute atomic E-state index is 12.3. The Morgan fingerprint density at radius 3 is 1.96 bits per heavy atom. The van der Waals surface area contributed by atoms with Crippen molar-refractivity contribution in [2.24, 2.45) is 11.8 Å². The van der Waals surface area contributed by atoms with Gasteiger partial charge in [-0.15, -0.1) is 0 Å². The van der Waals surface area contributed by atoms with Crippen molar-refractivity contribution in [2.45, 2.75) is 44.9 Å². The van der Waals surface area contributed by atoms with Gasteiger partial charge in [-0.25, -0.2) is 0 Å². The smallest absolute Gasteiger partial charge is 0.124 e. The molecule has 1 atom stereocenters. The molecule has 0 radical (unpaired) electrons. The minimum atomic E-state index is -0.373. The molecule has 0 bridgehead atoms. The van der Waals surface area contributed by atoms with E-state index in [-0.39, 0.29) is 11.3 Å². The molecule has 2 aromatic carbocycles. The van der Waals surface area contributed by atoms with E-state index in [9.17, 15) is 4.79 Å². The average molecular weight is 351 g/mol. The van der Waals surface area contributed by atoms with Crippen molar-refractivity contribution in [3.05, 3.63) is 59.7 Å². The zero-order chi connectivity index (χ0) is 18.6. The molecule has 0 aliphatic heterocycles. The highest BCUT2D eigenvalue weighted by Crippen LogP contribution is 2.53. The number of benzene rings is 2. The van der Waals surface area contributed by atoms with Gasteiger partial charge in [0.2, 0.25) is 0 Å². The van der Waals surface area contributed by atoms with Crippen LogP contribution in [0.15, 0.2) is 48.5 Å². The van der Waals surface area contributed by atoms with Crippen LogP contribution in [0.2, 0.25) is 0 Å². The first-order valence-corrected chi connectivity index (χ1v) is 9.78. The summed E-state index contributed by atoms with van der Waals surface area (Å²) < 4.78 is 5.71. The van der Waals surface area contributed by atoms with Crippen molar-refractivity contribution in [1.82, 2.24) is 0 Å². The second kappa shape index (κ2) is 8.18. The zero-order valence-electron chi connectivity index (χ0n) is 16.2. The third-order valence-corrected chi connectivity index (χ3v) is 5.82. The van der Waals surface area contributed by atoms with Crippen LogP contribution in [0.25, 0.3) is 11.1 Å². The van der Waals surface area contributed by atoms with Crippen LogP contribution in [-0.4, -0.2) is 20.0 Å². The number of aldehydes is 1. The Balaban J connectivity index is 2.02. The number of carbonyl (C=O) groups is 1. The highest BCUT2D eigenvalue weighted by atomic mass is 16.5. The van der Waals surface area contributed by atoms with E-state index in [1.807, 2.05) is 0 Å². The summed E-state index contributed by atoms with van der Waals surface area (Å²) in [6, 6.07) is 17.0. The Bertz CT molecular complexity index is 702. The second-order valence-electron chi connectivity index (χ2n) is 7.92. The van der Waals surface area contributed by atoms with Gasteiger partial charge < -0.3 is 9.53 Å². The van der Waals surface area contributed by atoms with Crippen LogP contribution in [0.3, 0.4) is 0 Å². The van der Waals surface area contributed by atoms with Crippen LogP contribution >= 0.6 is 0 Å². The fraction of sp³-hybridized carbons (Fsp3) is 0.458. The molecule has 26 heavy (non-hydrogen) atoms. The van der Waals surface area contributed by atoms with Crippen molar-refractivity contribution in [2.75, 3.05) is 13.7 Å². The molecule has 2 aromatic rings. The monoisotopic (exact) mass is 350 g/mol. The lowest BCUT2D eigenvalue weighted by Gasteiger charge is -2.36. The van der Waals surface area contributed by atoms with Crippen LogP contribution in [0.5, 0.6) is 0 Å². The van der Waals surface area contributed by atoms with Crippen molar-refractivity contribution >= 4 is 6.29 Å². The van der Waals surface area contributed by atoms with Gasteiger partial charge in [-0.3, -0.25) is 0 Å². The fourth-order valence-electron chi connectivity index (χ4n) is 4.60. The number of carbonyl (C=O) groups excluding carboxylic acids is 1. The molecule has 2 nitrogen and oxygen atoms in total. The highest BCUT2D eigenvalue weighted by molar-refractivity contribution is 5.83. The molecule has 138 valence electrons. The predicted octanol–water partition coefficient (Wildman–Crippen LogP) is 5.63. The Morgan fingerprint density at radius 1 is 0.923 bits per heavy atom. The summed E-state index contributed by atoms with van der Waals surface area (Å²) in [5.74, 6) is 0.643. The minimum absolute atomic E-state index is 0.0700. The molecule has 0 saturated carbocycles. The van der Waals surface area contributed by atoms with E-state index in [2.05, 4.69) is 62.4 Å². The zero-order valence-corrected chi connectivity index (χ0v) is 16.2. The lowest BCUT2D eigenvalue weighted by Crippen LogP contribution is -2.40. The predicted molar refractivity (Wildman–Crippen MR) is 107 cm³/mol. The summed E-state index contributed by atoms with van der Waals surface area (Å²) >= 11 is 0. The van der Waals surface area contributed by atoms with E-state index in [4.69, 9.17) is 4.74 Å². The number of unbranched alkanes of at least 4 members (excludes halogenated alkanes) is 1. The first-order valence-electron chi connectivity index (χ1n) is 9.78. The Morgan fingerprint density at radius 2 is 1.46 bits per heavy atom.